The first-order valence-corrected chi connectivity index (χ1v) is 45.4. The number of thiophene rings is 3. The van der Waals surface area contributed by atoms with Crippen molar-refractivity contribution in [2.45, 2.75) is 32.6 Å². The standard InChI is InChI=1S/C41H25N3S.C40H27N3S.C34H22N4S/c1-3-12-26(13-4-1)30-24-34-37-32-20-10-8-15-28(32)22-23-36(37)45-38(34)35(25-30)41-43-39(29-16-5-2-6-17-29)42-40(44-41)33-21-11-18-27-14-7-9-19-31(27)33;1-40(2)31-17-9-8-15-28(31)29-21-19-26(23-32(29)40)38-41-37(25-12-4-3-5-13-25)42-39(43-38)30-16-10-18-33-36(30)35-27-14-7-6-11-24(27)20-22-34(35)44-33;1-2-21-13-15-24(16-14-21)32-36-33(25-9-5-7-22(19-25)20-35)38-34(37-32)28-12-6-11-27-30-26-10-4-3-8-23(26)17-18-29(30)39-31(27)28/h1-25H;3-23H,1-2H3;3-19H,2H2,1H3. The van der Waals surface area contributed by atoms with Crippen LogP contribution < -0.4 is 0 Å². The van der Waals surface area contributed by atoms with Crippen LogP contribution in [0.1, 0.15) is 43.0 Å². The average molecular weight is 1690 g/mol. The molecule has 6 heterocycles. The molecule has 0 fully saturated rings. The van der Waals surface area contributed by atoms with Gasteiger partial charge < -0.3 is 0 Å². The van der Waals surface area contributed by atoms with Crippen molar-refractivity contribution in [3.63, 3.8) is 0 Å². The molecule has 10 nitrogen and oxygen atoms in total. The van der Waals surface area contributed by atoms with Gasteiger partial charge in [-0.3, -0.25) is 0 Å². The summed E-state index contributed by atoms with van der Waals surface area (Å²) in [7, 11) is 0. The molecular formula is C115H74N10S3. The van der Waals surface area contributed by atoms with E-state index in [-0.39, 0.29) is 5.41 Å². The number of aromatic nitrogens is 9. The summed E-state index contributed by atoms with van der Waals surface area (Å²) < 4.78 is 7.32. The maximum absolute atomic E-state index is 9.48. The number of rotatable bonds is 11. The van der Waals surface area contributed by atoms with Gasteiger partial charge in [0.25, 0.3) is 0 Å². The van der Waals surface area contributed by atoms with Crippen molar-refractivity contribution in [2.24, 2.45) is 0 Å². The molecule has 128 heavy (non-hydrogen) atoms. The zero-order chi connectivity index (χ0) is 85.5. The Labute approximate surface area is 749 Å². The van der Waals surface area contributed by atoms with E-state index in [9.17, 15) is 5.26 Å². The first-order valence-electron chi connectivity index (χ1n) is 42.9. The number of nitriles is 1. The van der Waals surface area contributed by atoms with Crippen LogP contribution in [0.5, 0.6) is 0 Å². The van der Waals surface area contributed by atoms with Crippen LogP contribution in [0.15, 0.2) is 382 Å². The molecule has 1 aliphatic rings. The Hall–Kier alpha value is -15.8. The third-order valence-electron chi connectivity index (χ3n) is 24.8. The molecule has 6 aromatic heterocycles. The van der Waals surface area contributed by atoms with Gasteiger partial charge >= 0.3 is 0 Å². The predicted octanol–water partition coefficient (Wildman–Crippen LogP) is 30.7. The molecule has 0 saturated heterocycles. The predicted molar refractivity (Wildman–Crippen MR) is 534 cm³/mol. The van der Waals surface area contributed by atoms with Crippen molar-refractivity contribution in [1.82, 2.24) is 44.9 Å². The van der Waals surface area contributed by atoms with E-state index in [2.05, 4.69) is 348 Å². The average Bonchev–Trinajstić information content (AvgIpc) is 1.58. The molecule has 0 saturated carbocycles. The van der Waals surface area contributed by atoms with Crippen molar-refractivity contribution in [2.75, 3.05) is 0 Å². The summed E-state index contributed by atoms with van der Waals surface area (Å²) in [6.07, 6.45) is 0.970. The fraction of sp³-hybridized carbons (Fsp3) is 0.0435. The van der Waals surface area contributed by atoms with E-state index >= 15 is 0 Å². The molecule has 0 atom stereocenters. The number of fused-ring (bicyclic) bond motifs is 19. The summed E-state index contributed by atoms with van der Waals surface area (Å²) in [4.78, 5) is 45.8. The van der Waals surface area contributed by atoms with Crippen molar-refractivity contribution in [3.8, 4) is 131 Å². The molecule has 0 amide bonds. The third kappa shape index (κ3) is 13.7. The highest BCUT2D eigenvalue weighted by molar-refractivity contribution is 7.27. The smallest absolute Gasteiger partial charge is 0.165 e. The maximum atomic E-state index is 9.48. The lowest BCUT2D eigenvalue weighted by atomic mass is 9.82. The minimum Gasteiger partial charge on any atom is -0.208 e. The highest BCUT2D eigenvalue weighted by Crippen LogP contribution is 2.52. The van der Waals surface area contributed by atoms with E-state index in [0.29, 0.717) is 58.0 Å². The number of hydrogen-bond donors (Lipinski definition) is 0. The molecule has 24 aromatic rings. The lowest BCUT2D eigenvalue weighted by molar-refractivity contribution is 0.660. The summed E-state index contributed by atoms with van der Waals surface area (Å²) >= 11 is 5.40. The van der Waals surface area contributed by atoms with Gasteiger partial charge in [0.15, 0.2) is 52.4 Å². The van der Waals surface area contributed by atoms with Crippen LogP contribution in [0, 0.1) is 11.3 Å². The van der Waals surface area contributed by atoms with Crippen molar-refractivity contribution < 1.29 is 0 Å². The van der Waals surface area contributed by atoms with E-state index in [1.54, 1.807) is 17.4 Å². The zero-order valence-electron chi connectivity index (χ0n) is 69.8. The quantitative estimate of drug-likeness (QED) is 0.123. The van der Waals surface area contributed by atoms with E-state index in [0.717, 1.165) is 83.1 Å². The summed E-state index contributed by atoms with van der Waals surface area (Å²) in [6, 6.07) is 136. The molecule has 0 unspecified atom stereocenters. The first-order chi connectivity index (χ1) is 63.1. The molecule has 0 N–H and O–H groups in total. The Bertz CT molecular complexity index is 8610. The van der Waals surface area contributed by atoms with Crippen molar-refractivity contribution in [3.05, 3.63) is 404 Å². The molecule has 13 heteroatoms. The van der Waals surface area contributed by atoms with Crippen LogP contribution in [0.4, 0.5) is 0 Å². The number of nitrogens with zero attached hydrogens (tertiary/aromatic N) is 10. The van der Waals surface area contributed by atoms with Crippen LogP contribution in [-0.2, 0) is 11.8 Å². The van der Waals surface area contributed by atoms with Crippen molar-refractivity contribution >= 4 is 138 Å². The van der Waals surface area contributed by atoms with Crippen LogP contribution in [0.2, 0.25) is 0 Å². The van der Waals surface area contributed by atoms with Gasteiger partial charge in [-0.05, 0) is 149 Å². The van der Waals surface area contributed by atoms with Gasteiger partial charge in [-0.2, -0.15) is 5.26 Å². The fourth-order valence-corrected chi connectivity index (χ4v) is 22.0. The maximum Gasteiger partial charge on any atom is 0.165 e. The molecule has 0 bridgehead atoms. The van der Waals surface area contributed by atoms with Gasteiger partial charge in [0.1, 0.15) is 0 Å². The van der Waals surface area contributed by atoms with Gasteiger partial charge in [0.05, 0.1) is 11.6 Å². The lowest BCUT2D eigenvalue weighted by Gasteiger charge is -2.21. The van der Waals surface area contributed by atoms with Gasteiger partial charge in [0.2, 0.25) is 0 Å². The van der Waals surface area contributed by atoms with E-state index in [1.165, 1.54) is 116 Å². The Morgan fingerprint density at radius 3 is 1.25 bits per heavy atom. The van der Waals surface area contributed by atoms with Gasteiger partial charge in [-0.15, -0.1) is 34.0 Å². The molecule has 0 aliphatic heterocycles. The zero-order valence-corrected chi connectivity index (χ0v) is 72.2. The summed E-state index contributed by atoms with van der Waals surface area (Å²) in [5.74, 6) is 5.84. The highest BCUT2D eigenvalue weighted by atomic mass is 32.1. The Kier molecular flexibility index (Phi) is 19.3. The molecular weight excluding hydrogens is 1620 g/mol. The summed E-state index contributed by atoms with van der Waals surface area (Å²) in [5.41, 5.74) is 17.9. The van der Waals surface area contributed by atoms with E-state index < -0.39 is 0 Å². The molecule has 0 radical (unpaired) electrons. The SMILES string of the molecule is CC1(C)c2ccccc2-c2ccc(-c3nc(-c4ccccc4)nc(-c4cccc5sc6ccc7ccccc7c6c45)n3)cc21.CCc1ccc(-c2nc(-c3cccc(C#N)c3)nc(-c3cccc4c3sc3ccc5ccccc5c34)n2)cc1.c1ccc(-c2cc(-c3nc(-c4ccccc4)nc(-c4cccc5ccccc45)n3)c3sc4ccc5ccccc5c4c3c2)cc1. The normalized spacial score (nSPS) is 12.1. The van der Waals surface area contributed by atoms with Crippen LogP contribution >= 0.6 is 34.0 Å². The van der Waals surface area contributed by atoms with Crippen LogP contribution in [0.3, 0.4) is 0 Å². The number of aryl methyl sites for hydroxylation is 1. The number of hydrogen-bond acceptors (Lipinski definition) is 13. The van der Waals surface area contributed by atoms with Crippen LogP contribution in [-0.4, -0.2) is 44.9 Å². The molecule has 1 aliphatic carbocycles. The topological polar surface area (TPSA) is 140 Å². The van der Waals surface area contributed by atoms with E-state index in [1.807, 2.05) is 77.3 Å². The highest BCUT2D eigenvalue weighted by Gasteiger charge is 2.36. The van der Waals surface area contributed by atoms with Gasteiger partial charge in [-0.25, -0.2) is 44.9 Å². The number of benzene rings is 18. The van der Waals surface area contributed by atoms with E-state index in [4.69, 9.17) is 44.9 Å². The molecule has 0 spiro atoms. The third-order valence-corrected chi connectivity index (χ3v) is 28.3. The second kappa shape index (κ2) is 32.1. The van der Waals surface area contributed by atoms with Crippen molar-refractivity contribution in [1.29, 1.82) is 5.26 Å². The summed E-state index contributed by atoms with van der Waals surface area (Å²) in [5, 5.41) is 26.6. The minimum absolute atomic E-state index is 0.109. The van der Waals surface area contributed by atoms with Gasteiger partial charge in [0, 0.05) is 116 Å². The summed E-state index contributed by atoms with van der Waals surface area (Å²) in [6.45, 7) is 6.76. The Morgan fingerprint density at radius 2 is 0.633 bits per heavy atom. The first kappa shape index (κ1) is 77.0. The lowest BCUT2D eigenvalue weighted by Crippen LogP contribution is -2.15. The van der Waals surface area contributed by atoms with Crippen LogP contribution in [0.25, 0.3) is 228 Å². The molecule has 602 valence electrons. The van der Waals surface area contributed by atoms with Gasteiger partial charge in [-0.1, -0.05) is 342 Å². The second-order valence-electron chi connectivity index (χ2n) is 32.8. The minimum atomic E-state index is -0.109. The monoisotopic (exact) mass is 1690 g/mol. The second-order valence-corrected chi connectivity index (χ2v) is 36.0. The fourth-order valence-electron chi connectivity index (χ4n) is 18.4. The molecule has 25 rings (SSSR count). The molecule has 18 aromatic carbocycles. The Morgan fingerprint density at radius 1 is 0.242 bits per heavy atom. The Balaban J connectivity index is 0.000000110. The largest absolute Gasteiger partial charge is 0.208 e.